The maximum absolute atomic E-state index is 14.5. The summed E-state index contributed by atoms with van der Waals surface area (Å²) >= 11 is 0. The first-order chi connectivity index (χ1) is 22.4. The van der Waals surface area contributed by atoms with Gasteiger partial charge in [0.15, 0.2) is 5.76 Å². The summed E-state index contributed by atoms with van der Waals surface area (Å²) in [6.07, 6.45) is -7.58. The number of aromatic nitrogens is 1. The Labute approximate surface area is 270 Å². The van der Waals surface area contributed by atoms with E-state index in [1.54, 1.807) is 13.8 Å². The Balaban J connectivity index is 1.57. The number of urea groups is 1. The smallest absolute Gasteiger partial charge is 0.359 e. The van der Waals surface area contributed by atoms with Crippen LogP contribution >= 0.6 is 0 Å². The predicted molar refractivity (Wildman–Crippen MR) is 163 cm³/mol. The van der Waals surface area contributed by atoms with Gasteiger partial charge in [-0.3, -0.25) is 4.31 Å². The molecule has 0 aliphatic carbocycles. The van der Waals surface area contributed by atoms with Crippen LogP contribution < -0.4 is 14.9 Å². The van der Waals surface area contributed by atoms with Crippen LogP contribution in [-0.2, 0) is 28.8 Å². The molecule has 2 N–H and O–H groups in total. The van der Waals surface area contributed by atoms with E-state index in [2.05, 4.69) is 15.8 Å². The summed E-state index contributed by atoms with van der Waals surface area (Å²) in [5.74, 6) is -0.818. The second kappa shape index (κ2) is 12.6. The number of nitrogens with one attached hydrogen (secondary N) is 2. The van der Waals surface area contributed by atoms with E-state index in [9.17, 15) is 43.9 Å². The fourth-order valence-electron chi connectivity index (χ4n) is 5.43. The van der Waals surface area contributed by atoms with Crippen molar-refractivity contribution in [3.05, 3.63) is 106 Å². The molecule has 8 nitrogen and oxygen atoms in total. The number of rotatable bonds is 6. The van der Waals surface area contributed by atoms with Crippen molar-refractivity contribution in [3.8, 4) is 0 Å². The lowest BCUT2D eigenvalue weighted by Gasteiger charge is -2.41. The van der Waals surface area contributed by atoms with Crippen LogP contribution in [0.1, 0.15) is 46.2 Å². The van der Waals surface area contributed by atoms with Crippen LogP contribution in [0.3, 0.4) is 0 Å². The minimum absolute atomic E-state index is 0.0100. The van der Waals surface area contributed by atoms with Crippen molar-refractivity contribution < 1.29 is 48.5 Å². The Morgan fingerprint density at radius 3 is 2.33 bits per heavy atom. The minimum atomic E-state index is -4.86. The first kappa shape index (κ1) is 34.5. The van der Waals surface area contributed by atoms with Crippen LogP contribution in [0.15, 0.2) is 70.1 Å². The number of alkyl halides is 6. The summed E-state index contributed by atoms with van der Waals surface area (Å²) in [5.41, 5.74) is -1.95. The largest absolute Gasteiger partial charge is 0.417 e. The molecule has 0 spiro atoms. The number of hydrogen-bond donors (Lipinski definition) is 2. The highest BCUT2D eigenvalue weighted by Crippen LogP contribution is 2.39. The number of aryl methyl sites for hydroxylation is 2. The molecule has 0 saturated heterocycles. The summed E-state index contributed by atoms with van der Waals surface area (Å²) in [7, 11) is -4.75. The van der Waals surface area contributed by atoms with Crippen molar-refractivity contribution in [1.29, 1.82) is 0 Å². The number of amides is 2. The Morgan fingerprint density at radius 1 is 0.979 bits per heavy atom. The molecule has 48 heavy (non-hydrogen) atoms. The van der Waals surface area contributed by atoms with Gasteiger partial charge in [0, 0.05) is 5.56 Å². The fraction of sp³-hybridized carbons (Fsp3) is 0.250. The highest BCUT2D eigenvalue weighted by Gasteiger charge is 2.41. The number of anilines is 2. The zero-order valence-electron chi connectivity index (χ0n) is 25.4. The molecule has 4 aromatic rings. The molecule has 1 aromatic heterocycles. The first-order valence-corrected chi connectivity index (χ1v) is 15.7. The number of carbonyl (C=O) groups is 1. The Morgan fingerprint density at radius 2 is 1.69 bits per heavy atom. The maximum Gasteiger partial charge on any atom is 0.417 e. The number of halogens is 7. The van der Waals surface area contributed by atoms with Crippen molar-refractivity contribution in [2.75, 3.05) is 9.62 Å². The molecule has 0 radical (unpaired) electrons. The second-order valence-corrected chi connectivity index (χ2v) is 12.9. The van der Waals surface area contributed by atoms with Crippen LogP contribution in [0.2, 0.25) is 0 Å². The Kier molecular flexibility index (Phi) is 9.07. The standard InChI is InChI=1S/C32H27F7N4O4S/c1-17-29(19(3)47-42-17)41-30(44)40-27-15-21-12-10-20(11-13-24-25(32(37,38)39)8-5-9-26(24)33)14-28(21)43(18(27)2)48(45,46)23-7-4-6-22(16-23)31(34,35)36/h4-14,16,18,27H,15H2,1-3H3,(H2,40,41,44). The van der Waals surface area contributed by atoms with Gasteiger partial charge < -0.3 is 15.2 Å². The van der Waals surface area contributed by atoms with Crippen molar-refractivity contribution >= 4 is 39.6 Å². The SMILES string of the molecule is Cc1noc(C)c1NC(=O)NC1Cc2ccc(C=Cc3c(F)cccc3C(F)(F)F)cc2N(S(=O)(=O)c2cccc(C(F)(F)F)c2)C1C. The molecule has 5 rings (SSSR count). The van der Waals surface area contributed by atoms with Crippen molar-refractivity contribution in [1.82, 2.24) is 10.5 Å². The number of nitrogens with zero attached hydrogens (tertiary/aromatic N) is 2. The topological polar surface area (TPSA) is 105 Å². The lowest BCUT2D eigenvalue weighted by atomic mass is 9.92. The summed E-state index contributed by atoms with van der Waals surface area (Å²) < 4.78 is 130. The number of benzene rings is 3. The molecule has 0 bridgehead atoms. The van der Waals surface area contributed by atoms with Crippen LogP contribution in [0.25, 0.3) is 12.2 Å². The van der Waals surface area contributed by atoms with Gasteiger partial charge in [-0.05, 0) is 74.7 Å². The molecule has 3 aromatic carbocycles. The third kappa shape index (κ3) is 6.88. The highest BCUT2D eigenvalue weighted by molar-refractivity contribution is 7.92. The lowest BCUT2D eigenvalue weighted by Crippen LogP contribution is -2.57. The van der Waals surface area contributed by atoms with Gasteiger partial charge in [0.1, 0.15) is 17.2 Å². The van der Waals surface area contributed by atoms with E-state index in [1.165, 1.54) is 25.1 Å². The average molecular weight is 697 g/mol. The van der Waals surface area contributed by atoms with Crippen molar-refractivity contribution in [2.45, 2.75) is 56.5 Å². The molecule has 1 aliphatic rings. The van der Waals surface area contributed by atoms with Gasteiger partial charge in [-0.2, -0.15) is 26.3 Å². The Bertz CT molecular complexity index is 1990. The third-order valence-corrected chi connectivity index (χ3v) is 9.74. The van der Waals surface area contributed by atoms with E-state index in [-0.39, 0.29) is 17.7 Å². The summed E-state index contributed by atoms with van der Waals surface area (Å²) in [6.45, 7) is 4.62. The molecule has 1 aliphatic heterocycles. The molecule has 16 heteroatoms. The first-order valence-electron chi connectivity index (χ1n) is 14.3. The van der Waals surface area contributed by atoms with E-state index in [0.29, 0.717) is 28.8 Å². The molecule has 0 saturated carbocycles. The van der Waals surface area contributed by atoms with E-state index in [1.807, 2.05) is 0 Å². The van der Waals surface area contributed by atoms with Gasteiger partial charge in [-0.1, -0.05) is 41.6 Å². The quantitative estimate of drug-likeness (QED) is 0.157. The molecular weight excluding hydrogens is 669 g/mol. The lowest BCUT2D eigenvalue weighted by molar-refractivity contribution is -0.138. The van der Waals surface area contributed by atoms with E-state index >= 15 is 0 Å². The zero-order chi connectivity index (χ0) is 35.2. The minimum Gasteiger partial charge on any atom is -0.359 e. The molecular formula is C32H27F7N4O4S. The van der Waals surface area contributed by atoms with Crippen LogP contribution in [0.4, 0.5) is 46.9 Å². The summed E-state index contributed by atoms with van der Waals surface area (Å²) in [4.78, 5) is 12.3. The maximum atomic E-state index is 14.5. The van der Waals surface area contributed by atoms with Gasteiger partial charge in [0.05, 0.1) is 33.8 Å². The second-order valence-electron chi connectivity index (χ2n) is 11.1. The Hall–Kier alpha value is -4.86. The van der Waals surface area contributed by atoms with Gasteiger partial charge >= 0.3 is 18.4 Å². The molecule has 2 unspecified atom stereocenters. The molecule has 2 atom stereocenters. The number of sulfonamides is 1. The molecule has 2 amide bonds. The highest BCUT2D eigenvalue weighted by atomic mass is 32.2. The van der Waals surface area contributed by atoms with Gasteiger partial charge in [-0.25, -0.2) is 17.6 Å². The fourth-order valence-corrected chi connectivity index (χ4v) is 7.20. The van der Waals surface area contributed by atoms with E-state index in [0.717, 1.165) is 52.9 Å². The predicted octanol–water partition coefficient (Wildman–Crippen LogP) is 7.97. The van der Waals surface area contributed by atoms with E-state index < -0.39 is 67.9 Å². The number of fused-ring (bicyclic) bond motifs is 1. The van der Waals surface area contributed by atoms with Gasteiger partial charge in [0.2, 0.25) is 0 Å². The average Bonchev–Trinajstić information content (AvgIpc) is 3.31. The molecule has 2 heterocycles. The van der Waals surface area contributed by atoms with Crippen LogP contribution in [0.5, 0.6) is 0 Å². The van der Waals surface area contributed by atoms with E-state index in [4.69, 9.17) is 4.52 Å². The molecule has 254 valence electrons. The molecule has 0 fully saturated rings. The number of hydrogen-bond acceptors (Lipinski definition) is 5. The monoisotopic (exact) mass is 696 g/mol. The van der Waals surface area contributed by atoms with Crippen molar-refractivity contribution in [3.63, 3.8) is 0 Å². The summed E-state index contributed by atoms with van der Waals surface area (Å²) in [6, 6.07) is 7.18. The van der Waals surface area contributed by atoms with Crippen LogP contribution in [-0.4, -0.2) is 31.7 Å². The zero-order valence-corrected chi connectivity index (χ0v) is 26.2. The van der Waals surface area contributed by atoms with Crippen molar-refractivity contribution in [2.24, 2.45) is 0 Å². The van der Waals surface area contributed by atoms with Gasteiger partial charge in [-0.15, -0.1) is 0 Å². The van der Waals surface area contributed by atoms with Crippen LogP contribution in [0, 0.1) is 19.7 Å². The summed E-state index contributed by atoms with van der Waals surface area (Å²) in [5, 5.41) is 9.07. The normalized spacial score (nSPS) is 17.0. The van der Waals surface area contributed by atoms with Gasteiger partial charge in [0.25, 0.3) is 10.0 Å². The number of carbonyl (C=O) groups excluding carboxylic acids is 1. The third-order valence-electron chi connectivity index (χ3n) is 7.85.